The maximum Gasteiger partial charge on any atom is 0.266 e. The van der Waals surface area contributed by atoms with Crippen LogP contribution in [-0.4, -0.2) is 21.5 Å². The molecule has 1 amide bonds. The van der Waals surface area contributed by atoms with Crippen LogP contribution < -0.4 is 10.9 Å². The van der Waals surface area contributed by atoms with Crippen molar-refractivity contribution in [1.82, 2.24) is 14.9 Å². The number of aromatic nitrogens is 2. The van der Waals surface area contributed by atoms with Gasteiger partial charge in [-0.2, -0.15) is 0 Å². The van der Waals surface area contributed by atoms with Crippen LogP contribution in [0.25, 0.3) is 16.6 Å². The zero-order chi connectivity index (χ0) is 25.2. The minimum Gasteiger partial charge on any atom is -0.349 e. The molecule has 4 aromatic rings. The Balaban J connectivity index is 1.58. The Morgan fingerprint density at radius 1 is 0.972 bits per heavy atom. The minimum atomic E-state index is -0.125. The van der Waals surface area contributed by atoms with Crippen LogP contribution in [-0.2, 0) is 5.75 Å². The Kier molecular flexibility index (Phi) is 6.97. The first kappa shape index (κ1) is 24.3. The van der Waals surface area contributed by atoms with Crippen LogP contribution in [0.5, 0.6) is 0 Å². The van der Waals surface area contributed by atoms with Crippen LogP contribution in [0.15, 0.2) is 70.6 Å². The van der Waals surface area contributed by atoms with E-state index in [-0.39, 0.29) is 17.5 Å². The van der Waals surface area contributed by atoms with E-state index in [1.54, 1.807) is 22.8 Å². The summed E-state index contributed by atoms with van der Waals surface area (Å²) in [5.41, 5.74) is 6.32. The lowest BCUT2D eigenvalue weighted by Crippen LogP contribution is -2.32. The summed E-state index contributed by atoms with van der Waals surface area (Å²) in [4.78, 5) is 31.6. The van der Waals surface area contributed by atoms with Gasteiger partial charge < -0.3 is 5.32 Å². The van der Waals surface area contributed by atoms with Crippen LogP contribution in [0, 0.1) is 20.8 Å². The monoisotopic (exact) mass is 497 g/mol. The minimum absolute atomic E-state index is 0.0990. The van der Waals surface area contributed by atoms with E-state index in [0.29, 0.717) is 27.4 Å². The Morgan fingerprint density at radius 2 is 1.72 bits per heavy atom. The van der Waals surface area contributed by atoms with Crippen LogP contribution >= 0.6 is 11.8 Å². The standard InChI is InChI=1S/C30H31N3O2S/c1-19-7-6-8-22(14-19)18-36-30-32-27-17-23(28(34)31-24-9-4-5-10-24)11-12-26(27)29(35)33(30)25-15-20(2)13-21(3)16-25/h6-8,11-17,24H,4-5,9-10,18H2,1-3H3,(H,31,34). The van der Waals surface area contributed by atoms with E-state index in [9.17, 15) is 9.59 Å². The van der Waals surface area contributed by atoms with Gasteiger partial charge in [0.25, 0.3) is 11.5 Å². The number of nitrogens with one attached hydrogen (secondary N) is 1. The molecule has 1 aromatic heterocycles. The average Bonchev–Trinajstić information content (AvgIpc) is 3.35. The molecular weight excluding hydrogens is 466 g/mol. The number of aryl methyl sites for hydroxylation is 3. The van der Waals surface area contributed by atoms with E-state index in [1.807, 2.05) is 32.0 Å². The van der Waals surface area contributed by atoms with Crippen LogP contribution in [0.2, 0.25) is 0 Å². The molecule has 1 fully saturated rings. The second-order valence-electron chi connectivity index (χ2n) is 9.85. The quantitative estimate of drug-likeness (QED) is 0.252. The van der Waals surface area contributed by atoms with Gasteiger partial charge in [0.1, 0.15) is 0 Å². The molecule has 5 rings (SSSR count). The molecule has 5 nitrogen and oxygen atoms in total. The fourth-order valence-corrected chi connectivity index (χ4v) is 5.96. The highest BCUT2D eigenvalue weighted by Gasteiger charge is 2.20. The summed E-state index contributed by atoms with van der Waals surface area (Å²) in [5.74, 6) is 0.588. The number of benzene rings is 3. The van der Waals surface area contributed by atoms with E-state index in [4.69, 9.17) is 4.98 Å². The number of rotatable bonds is 6. The highest BCUT2D eigenvalue weighted by atomic mass is 32.2. The molecule has 0 aliphatic heterocycles. The van der Waals surface area contributed by atoms with Gasteiger partial charge in [0, 0.05) is 17.4 Å². The molecule has 0 unspecified atom stereocenters. The maximum atomic E-state index is 13.8. The molecule has 1 saturated carbocycles. The molecule has 0 spiro atoms. The lowest BCUT2D eigenvalue weighted by atomic mass is 10.1. The van der Waals surface area contributed by atoms with Crippen LogP contribution in [0.1, 0.15) is 58.3 Å². The molecule has 1 aliphatic rings. The summed E-state index contributed by atoms with van der Waals surface area (Å²) < 4.78 is 1.71. The Bertz CT molecular complexity index is 1480. The number of hydrogen-bond donors (Lipinski definition) is 1. The normalized spacial score (nSPS) is 13.9. The Labute approximate surface area is 216 Å². The molecule has 36 heavy (non-hydrogen) atoms. The van der Waals surface area contributed by atoms with E-state index < -0.39 is 0 Å². The molecule has 0 atom stereocenters. The highest BCUT2D eigenvalue weighted by Crippen LogP contribution is 2.26. The number of fused-ring (bicyclic) bond motifs is 1. The van der Waals surface area contributed by atoms with Gasteiger partial charge in [0.15, 0.2) is 5.16 Å². The predicted octanol–water partition coefficient (Wildman–Crippen LogP) is 6.28. The first-order valence-electron chi connectivity index (χ1n) is 12.5. The first-order chi connectivity index (χ1) is 17.4. The summed E-state index contributed by atoms with van der Waals surface area (Å²) in [6.07, 6.45) is 4.36. The van der Waals surface area contributed by atoms with Crippen molar-refractivity contribution in [2.75, 3.05) is 0 Å². The van der Waals surface area contributed by atoms with E-state index >= 15 is 0 Å². The summed E-state index contributed by atoms with van der Waals surface area (Å²) in [7, 11) is 0. The van der Waals surface area contributed by atoms with Crippen molar-refractivity contribution < 1.29 is 4.79 Å². The summed E-state index contributed by atoms with van der Waals surface area (Å²) in [5, 5.41) is 4.26. The van der Waals surface area contributed by atoms with E-state index in [1.165, 1.54) is 22.9 Å². The predicted molar refractivity (Wildman–Crippen MR) is 147 cm³/mol. The van der Waals surface area contributed by atoms with Gasteiger partial charge in [-0.05, 0) is 80.6 Å². The molecule has 1 N–H and O–H groups in total. The number of thioether (sulfide) groups is 1. The third-order valence-corrected chi connectivity index (χ3v) is 7.72. The molecule has 3 aromatic carbocycles. The molecule has 0 bridgehead atoms. The van der Waals surface area contributed by atoms with Gasteiger partial charge in [-0.1, -0.05) is 60.5 Å². The van der Waals surface area contributed by atoms with Gasteiger partial charge in [0.2, 0.25) is 0 Å². The maximum absolute atomic E-state index is 13.8. The number of nitrogens with zero attached hydrogens (tertiary/aromatic N) is 2. The fraction of sp³-hybridized carbons (Fsp3) is 0.300. The van der Waals surface area contributed by atoms with Crippen molar-refractivity contribution in [2.45, 2.75) is 63.4 Å². The topological polar surface area (TPSA) is 64.0 Å². The molecule has 6 heteroatoms. The first-order valence-corrected chi connectivity index (χ1v) is 13.5. The van der Waals surface area contributed by atoms with Crippen molar-refractivity contribution in [3.8, 4) is 5.69 Å². The van der Waals surface area contributed by atoms with E-state index in [2.05, 4.69) is 36.5 Å². The third-order valence-electron chi connectivity index (χ3n) is 6.71. The summed E-state index contributed by atoms with van der Waals surface area (Å²) >= 11 is 1.54. The second-order valence-corrected chi connectivity index (χ2v) is 10.8. The van der Waals surface area contributed by atoms with Crippen LogP contribution in [0.3, 0.4) is 0 Å². The Hall–Kier alpha value is -3.38. The molecule has 0 radical (unpaired) electrons. The van der Waals surface area contributed by atoms with Crippen molar-refractivity contribution >= 4 is 28.6 Å². The third kappa shape index (κ3) is 5.24. The molecule has 1 heterocycles. The molecule has 184 valence electrons. The smallest absolute Gasteiger partial charge is 0.266 e. The summed E-state index contributed by atoms with van der Waals surface area (Å²) in [6.45, 7) is 6.14. The highest BCUT2D eigenvalue weighted by molar-refractivity contribution is 7.98. The lowest BCUT2D eigenvalue weighted by Gasteiger charge is -2.16. The number of amides is 1. The fourth-order valence-electron chi connectivity index (χ4n) is 5.00. The second kappa shape index (κ2) is 10.3. The van der Waals surface area contributed by atoms with Crippen molar-refractivity contribution in [3.05, 3.63) is 98.8 Å². The van der Waals surface area contributed by atoms with Crippen molar-refractivity contribution in [1.29, 1.82) is 0 Å². The lowest BCUT2D eigenvalue weighted by molar-refractivity contribution is 0.0938. The van der Waals surface area contributed by atoms with Gasteiger partial charge in [-0.15, -0.1) is 0 Å². The van der Waals surface area contributed by atoms with Gasteiger partial charge >= 0.3 is 0 Å². The molecule has 1 aliphatic carbocycles. The van der Waals surface area contributed by atoms with Crippen molar-refractivity contribution in [3.63, 3.8) is 0 Å². The largest absolute Gasteiger partial charge is 0.349 e. The number of carbonyl (C=O) groups is 1. The zero-order valence-corrected chi connectivity index (χ0v) is 21.8. The van der Waals surface area contributed by atoms with Crippen molar-refractivity contribution in [2.24, 2.45) is 0 Å². The van der Waals surface area contributed by atoms with Gasteiger partial charge in [0.05, 0.1) is 16.6 Å². The van der Waals surface area contributed by atoms with Gasteiger partial charge in [-0.3, -0.25) is 14.2 Å². The number of hydrogen-bond acceptors (Lipinski definition) is 4. The molecule has 0 saturated heterocycles. The van der Waals surface area contributed by atoms with Crippen LogP contribution in [0.4, 0.5) is 0 Å². The number of carbonyl (C=O) groups excluding carboxylic acids is 1. The zero-order valence-electron chi connectivity index (χ0n) is 21.0. The summed E-state index contributed by atoms with van der Waals surface area (Å²) in [6, 6.07) is 20.0. The Morgan fingerprint density at radius 3 is 2.44 bits per heavy atom. The van der Waals surface area contributed by atoms with E-state index in [0.717, 1.165) is 42.5 Å². The molecular formula is C30H31N3O2S. The van der Waals surface area contributed by atoms with Gasteiger partial charge in [-0.25, -0.2) is 4.98 Å². The SMILES string of the molecule is Cc1cccc(CSc2nc3cc(C(=O)NC4CCCC4)ccc3c(=O)n2-c2cc(C)cc(C)c2)c1. The average molecular weight is 498 g/mol.